The highest BCUT2D eigenvalue weighted by Crippen LogP contribution is 2.27. The number of hydrogen-bond donors (Lipinski definition) is 0. The van der Waals surface area contributed by atoms with Crippen LogP contribution in [-0.2, 0) is 6.67 Å². The average Bonchev–Trinajstić information content (AvgIpc) is 2.93. The minimum atomic E-state index is -0.395. The predicted octanol–water partition coefficient (Wildman–Crippen LogP) is 1.23. The van der Waals surface area contributed by atoms with E-state index in [4.69, 9.17) is 0 Å². The molecule has 2 rings (SSSR count). The van der Waals surface area contributed by atoms with Gasteiger partial charge in [-0.15, -0.1) is 4.68 Å². The van der Waals surface area contributed by atoms with Gasteiger partial charge in [0.05, 0.1) is 12.3 Å². The van der Waals surface area contributed by atoms with E-state index in [1.807, 2.05) is 0 Å². The van der Waals surface area contributed by atoms with Crippen LogP contribution in [0.4, 0.5) is 5.82 Å². The molecule has 1 heterocycles. The summed E-state index contributed by atoms with van der Waals surface area (Å²) in [5.41, 5.74) is 0. The van der Waals surface area contributed by atoms with Gasteiger partial charge in [0.15, 0.2) is 6.67 Å². The lowest BCUT2D eigenvalue weighted by Gasteiger charge is -2.16. The molecule has 1 saturated carbocycles. The zero-order valence-corrected chi connectivity index (χ0v) is 8.67. The lowest BCUT2D eigenvalue weighted by molar-refractivity contribution is -0.393. The molecule has 0 amide bonds. The molecular formula is C9H14N4O2. The first kappa shape index (κ1) is 10.1. The zero-order chi connectivity index (χ0) is 10.8. The van der Waals surface area contributed by atoms with Crippen LogP contribution in [0.1, 0.15) is 19.8 Å². The first-order valence-electron chi connectivity index (χ1n) is 5.12. The summed E-state index contributed by atoms with van der Waals surface area (Å²) in [7, 11) is 0. The Kier molecular flexibility index (Phi) is 2.68. The summed E-state index contributed by atoms with van der Waals surface area (Å²) in [6, 6.07) is 2.03. The molecule has 0 aliphatic heterocycles. The third kappa shape index (κ3) is 2.15. The van der Waals surface area contributed by atoms with E-state index in [9.17, 15) is 10.1 Å². The van der Waals surface area contributed by atoms with Crippen molar-refractivity contribution in [3.63, 3.8) is 0 Å². The minimum absolute atomic E-state index is 0.0640. The molecule has 1 aromatic heterocycles. The summed E-state index contributed by atoms with van der Waals surface area (Å²) < 4.78 is 1.45. The Morgan fingerprint density at radius 2 is 2.47 bits per heavy atom. The maximum Gasteiger partial charge on any atom is 0.346 e. The molecular weight excluding hydrogens is 196 g/mol. The highest BCUT2D eigenvalue weighted by Gasteiger charge is 2.30. The molecule has 0 N–H and O–H groups in total. The smallest absolute Gasteiger partial charge is 0.346 e. The van der Waals surface area contributed by atoms with E-state index in [1.165, 1.54) is 29.8 Å². The van der Waals surface area contributed by atoms with Gasteiger partial charge in [0.25, 0.3) is 0 Å². The van der Waals surface area contributed by atoms with Gasteiger partial charge in [0, 0.05) is 6.04 Å². The second kappa shape index (κ2) is 3.98. The van der Waals surface area contributed by atoms with Crippen LogP contribution in [0.5, 0.6) is 0 Å². The number of hydrogen-bond acceptors (Lipinski definition) is 4. The van der Waals surface area contributed by atoms with Crippen LogP contribution >= 0.6 is 0 Å². The zero-order valence-electron chi connectivity index (χ0n) is 8.67. The highest BCUT2D eigenvalue weighted by molar-refractivity contribution is 5.16. The van der Waals surface area contributed by atoms with E-state index in [-0.39, 0.29) is 5.82 Å². The average molecular weight is 210 g/mol. The Bertz CT molecular complexity index is 359. The van der Waals surface area contributed by atoms with E-state index in [0.29, 0.717) is 12.7 Å². The first-order valence-corrected chi connectivity index (χ1v) is 5.12. The quantitative estimate of drug-likeness (QED) is 0.541. The van der Waals surface area contributed by atoms with E-state index in [0.717, 1.165) is 6.54 Å². The Hall–Kier alpha value is -1.43. The van der Waals surface area contributed by atoms with Gasteiger partial charge in [0.1, 0.15) is 0 Å². The molecule has 0 atom stereocenters. The third-order valence-corrected chi connectivity index (χ3v) is 2.67. The largest absolute Gasteiger partial charge is 0.358 e. The van der Waals surface area contributed by atoms with E-state index < -0.39 is 4.92 Å². The Morgan fingerprint density at radius 1 is 1.73 bits per heavy atom. The van der Waals surface area contributed by atoms with Crippen molar-refractivity contribution in [3.8, 4) is 0 Å². The summed E-state index contributed by atoms with van der Waals surface area (Å²) in [4.78, 5) is 12.5. The summed E-state index contributed by atoms with van der Waals surface area (Å²) in [5.74, 6) is 0.0640. The standard InChI is InChI=1S/C9H14N4O2/c1-2-11(8-3-4-8)7-12-9(13(14)15)5-6-10-12/h5-6,8H,2-4,7H2,1H3. The molecule has 1 aliphatic rings. The summed E-state index contributed by atoms with van der Waals surface area (Å²) in [5, 5.41) is 14.6. The lowest BCUT2D eigenvalue weighted by Crippen LogP contribution is -2.29. The van der Waals surface area contributed by atoms with Crippen LogP contribution in [0.15, 0.2) is 12.3 Å². The van der Waals surface area contributed by atoms with E-state index in [2.05, 4.69) is 16.9 Å². The van der Waals surface area contributed by atoms with Gasteiger partial charge in [-0.05, 0) is 24.3 Å². The molecule has 0 bridgehead atoms. The molecule has 1 aromatic rings. The lowest BCUT2D eigenvalue weighted by atomic mass is 10.5. The number of rotatable bonds is 5. The van der Waals surface area contributed by atoms with Gasteiger partial charge in [-0.3, -0.25) is 4.90 Å². The van der Waals surface area contributed by atoms with Crippen molar-refractivity contribution in [2.24, 2.45) is 0 Å². The predicted molar refractivity (Wildman–Crippen MR) is 54.3 cm³/mol. The molecule has 0 aromatic carbocycles. The molecule has 82 valence electrons. The third-order valence-electron chi connectivity index (χ3n) is 2.67. The molecule has 0 radical (unpaired) electrons. The molecule has 15 heavy (non-hydrogen) atoms. The van der Waals surface area contributed by atoms with Gasteiger partial charge in [-0.1, -0.05) is 12.0 Å². The van der Waals surface area contributed by atoms with Crippen molar-refractivity contribution < 1.29 is 4.92 Å². The summed E-state index contributed by atoms with van der Waals surface area (Å²) in [6.45, 7) is 3.49. The fourth-order valence-corrected chi connectivity index (χ4v) is 1.68. The van der Waals surface area contributed by atoms with Gasteiger partial charge in [-0.2, -0.15) is 0 Å². The molecule has 0 spiro atoms. The molecule has 6 nitrogen and oxygen atoms in total. The second-order valence-corrected chi connectivity index (χ2v) is 3.72. The van der Waals surface area contributed by atoms with Crippen LogP contribution in [0.2, 0.25) is 0 Å². The normalized spacial score (nSPS) is 15.9. The molecule has 0 saturated heterocycles. The van der Waals surface area contributed by atoms with E-state index >= 15 is 0 Å². The first-order chi connectivity index (χ1) is 7.22. The number of nitro groups is 1. The van der Waals surface area contributed by atoms with Crippen molar-refractivity contribution in [2.45, 2.75) is 32.5 Å². The summed E-state index contributed by atoms with van der Waals surface area (Å²) >= 11 is 0. The fraction of sp³-hybridized carbons (Fsp3) is 0.667. The second-order valence-electron chi connectivity index (χ2n) is 3.72. The maximum absolute atomic E-state index is 10.7. The van der Waals surface area contributed by atoms with Gasteiger partial charge in [0.2, 0.25) is 0 Å². The van der Waals surface area contributed by atoms with Crippen LogP contribution in [0.25, 0.3) is 0 Å². The maximum atomic E-state index is 10.7. The van der Waals surface area contributed by atoms with E-state index in [1.54, 1.807) is 0 Å². The topological polar surface area (TPSA) is 64.2 Å². The van der Waals surface area contributed by atoms with Crippen LogP contribution in [-0.4, -0.2) is 32.2 Å². The highest BCUT2D eigenvalue weighted by atomic mass is 16.6. The SMILES string of the molecule is CCN(Cn1nccc1[N+](=O)[O-])C1CC1. The number of aromatic nitrogens is 2. The van der Waals surface area contributed by atoms with Crippen LogP contribution in [0.3, 0.4) is 0 Å². The Balaban J connectivity index is 2.08. The van der Waals surface area contributed by atoms with Gasteiger partial charge in [-0.25, -0.2) is 0 Å². The van der Waals surface area contributed by atoms with Crippen molar-refractivity contribution in [1.82, 2.24) is 14.7 Å². The van der Waals surface area contributed by atoms with Crippen LogP contribution in [0, 0.1) is 10.1 Å². The Labute approximate surface area is 87.6 Å². The summed E-state index contributed by atoms with van der Waals surface area (Å²) in [6.07, 6.45) is 3.87. The molecule has 1 aliphatic carbocycles. The Morgan fingerprint density at radius 3 is 3.00 bits per heavy atom. The van der Waals surface area contributed by atoms with Crippen molar-refractivity contribution in [1.29, 1.82) is 0 Å². The van der Waals surface area contributed by atoms with Crippen molar-refractivity contribution in [3.05, 3.63) is 22.4 Å². The molecule has 1 fully saturated rings. The van der Waals surface area contributed by atoms with Crippen LogP contribution < -0.4 is 0 Å². The number of nitrogens with zero attached hydrogens (tertiary/aromatic N) is 4. The minimum Gasteiger partial charge on any atom is -0.358 e. The fourth-order valence-electron chi connectivity index (χ4n) is 1.68. The monoisotopic (exact) mass is 210 g/mol. The van der Waals surface area contributed by atoms with Crippen molar-refractivity contribution >= 4 is 5.82 Å². The van der Waals surface area contributed by atoms with Gasteiger partial charge < -0.3 is 10.1 Å². The van der Waals surface area contributed by atoms with Gasteiger partial charge >= 0.3 is 5.82 Å². The molecule has 6 heteroatoms. The van der Waals surface area contributed by atoms with Crippen molar-refractivity contribution in [2.75, 3.05) is 6.54 Å². The molecule has 0 unspecified atom stereocenters.